The molecule has 26 heavy (non-hydrogen) atoms. The molecule has 2 aromatic rings. The summed E-state index contributed by atoms with van der Waals surface area (Å²) in [6.45, 7) is 5.56. The third-order valence-electron chi connectivity index (χ3n) is 3.29. The lowest BCUT2D eigenvalue weighted by Crippen LogP contribution is -2.39. The number of carbonyl (C=O) groups is 1. The Kier molecular flexibility index (Phi) is 9.44. The first-order chi connectivity index (χ1) is 12.4. The van der Waals surface area contributed by atoms with Crippen LogP contribution in [0, 0.1) is 0 Å². The Balaban J connectivity index is 0.000000314. The molecular formula is C20H26O4S2. The summed E-state index contributed by atoms with van der Waals surface area (Å²) < 4.78 is 10.7. The van der Waals surface area contributed by atoms with Gasteiger partial charge in [0.15, 0.2) is 5.60 Å². The van der Waals surface area contributed by atoms with Crippen molar-refractivity contribution >= 4 is 29.5 Å². The van der Waals surface area contributed by atoms with E-state index < -0.39 is 5.60 Å². The van der Waals surface area contributed by atoms with Crippen LogP contribution >= 0.6 is 23.5 Å². The molecule has 2 aromatic carbocycles. The maximum absolute atomic E-state index is 11.7. The normalized spacial score (nSPS) is 10.5. The number of carbonyl (C=O) groups excluding carboxylic acids is 1. The highest BCUT2D eigenvalue weighted by atomic mass is 32.2. The fourth-order valence-electron chi connectivity index (χ4n) is 1.95. The zero-order valence-electron chi connectivity index (χ0n) is 15.8. The molecule has 0 aliphatic carbocycles. The summed E-state index contributed by atoms with van der Waals surface area (Å²) in [6, 6.07) is 14.9. The van der Waals surface area contributed by atoms with Gasteiger partial charge >= 0.3 is 5.97 Å². The molecule has 0 heterocycles. The van der Waals surface area contributed by atoms with E-state index >= 15 is 0 Å². The molecule has 0 bridgehead atoms. The molecule has 0 saturated carbocycles. The van der Waals surface area contributed by atoms with Crippen LogP contribution in [0.25, 0.3) is 0 Å². The number of aromatic hydroxyl groups is 1. The highest BCUT2D eigenvalue weighted by molar-refractivity contribution is 7.99. The van der Waals surface area contributed by atoms with Gasteiger partial charge in [-0.1, -0.05) is 24.3 Å². The van der Waals surface area contributed by atoms with Gasteiger partial charge in [-0.3, -0.25) is 0 Å². The van der Waals surface area contributed by atoms with E-state index in [0.29, 0.717) is 18.1 Å². The zero-order chi connectivity index (χ0) is 19.6. The second kappa shape index (κ2) is 11.0. The molecule has 4 nitrogen and oxygen atoms in total. The number of esters is 1. The smallest absolute Gasteiger partial charge is 0.349 e. The lowest BCUT2D eigenvalue weighted by Gasteiger charge is -2.25. The van der Waals surface area contributed by atoms with Crippen molar-refractivity contribution in [2.75, 3.05) is 19.1 Å². The minimum Gasteiger partial charge on any atom is -0.507 e. The van der Waals surface area contributed by atoms with Crippen molar-refractivity contribution in [2.24, 2.45) is 0 Å². The summed E-state index contributed by atoms with van der Waals surface area (Å²) in [5.74, 6) is 0.721. The van der Waals surface area contributed by atoms with Crippen LogP contribution in [0.2, 0.25) is 0 Å². The van der Waals surface area contributed by atoms with Crippen LogP contribution in [0.15, 0.2) is 58.3 Å². The maximum Gasteiger partial charge on any atom is 0.349 e. The molecule has 0 unspecified atom stereocenters. The van der Waals surface area contributed by atoms with Crippen LogP contribution in [-0.2, 0) is 9.53 Å². The zero-order valence-corrected chi connectivity index (χ0v) is 17.4. The Morgan fingerprint density at radius 2 is 1.54 bits per heavy atom. The van der Waals surface area contributed by atoms with Gasteiger partial charge in [-0.2, -0.15) is 0 Å². The third kappa shape index (κ3) is 6.84. The number of ether oxygens (including phenoxy) is 2. The molecule has 0 radical (unpaired) electrons. The standard InChI is InChI=1S/C13H18O3S.C7H8OS/c1-5-15-12(14)13(2,3)16-10-8-6-7-9-11(10)17-4;1-9-7-5-3-2-4-6(7)8/h6-9H,5H2,1-4H3;2-5,8H,1H3. The molecule has 0 aliphatic rings. The predicted molar refractivity (Wildman–Crippen MR) is 109 cm³/mol. The second-order valence-electron chi connectivity index (χ2n) is 5.66. The summed E-state index contributed by atoms with van der Waals surface area (Å²) in [7, 11) is 0. The minimum absolute atomic E-state index is 0.351. The van der Waals surface area contributed by atoms with Crippen LogP contribution < -0.4 is 4.74 Å². The Morgan fingerprint density at radius 1 is 1.00 bits per heavy atom. The summed E-state index contributed by atoms with van der Waals surface area (Å²) in [5, 5.41) is 9.09. The van der Waals surface area contributed by atoms with E-state index in [2.05, 4.69) is 0 Å². The number of hydrogen-bond acceptors (Lipinski definition) is 6. The fourth-order valence-corrected chi connectivity index (χ4v) is 2.97. The van der Waals surface area contributed by atoms with Gasteiger partial charge in [0.25, 0.3) is 0 Å². The van der Waals surface area contributed by atoms with Crippen LogP contribution in [0.3, 0.4) is 0 Å². The van der Waals surface area contributed by atoms with Gasteiger partial charge in [-0.05, 0) is 57.5 Å². The molecule has 2 rings (SSSR count). The Morgan fingerprint density at radius 3 is 2.04 bits per heavy atom. The number of phenolic OH excluding ortho intramolecular Hbond substituents is 1. The summed E-state index contributed by atoms with van der Waals surface area (Å²) in [6.07, 6.45) is 3.91. The third-order valence-corrected chi connectivity index (χ3v) is 4.85. The number of hydrogen-bond donors (Lipinski definition) is 1. The van der Waals surface area contributed by atoms with Crippen molar-refractivity contribution in [3.63, 3.8) is 0 Å². The molecule has 0 fully saturated rings. The highest BCUT2D eigenvalue weighted by Gasteiger charge is 2.32. The van der Waals surface area contributed by atoms with Gasteiger partial charge in [0.2, 0.25) is 0 Å². The fraction of sp³-hybridized carbons (Fsp3) is 0.350. The van der Waals surface area contributed by atoms with Crippen molar-refractivity contribution in [3.8, 4) is 11.5 Å². The molecule has 0 amide bonds. The van der Waals surface area contributed by atoms with E-state index in [0.717, 1.165) is 9.79 Å². The average Bonchev–Trinajstić information content (AvgIpc) is 2.63. The average molecular weight is 395 g/mol. The molecule has 0 aromatic heterocycles. The predicted octanol–water partition coefficient (Wildman–Crippen LogP) is 5.24. The van der Waals surface area contributed by atoms with Gasteiger partial charge < -0.3 is 14.6 Å². The van der Waals surface area contributed by atoms with Crippen molar-refractivity contribution in [1.29, 1.82) is 0 Å². The van der Waals surface area contributed by atoms with Crippen LogP contribution in [0.5, 0.6) is 11.5 Å². The molecule has 0 atom stereocenters. The van der Waals surface area contributed by atoms with Crippen LogP contribution in [0.4, 0.5) is 0 Å². The number of rotatable bonds is 6. The monoisotopic (exact) mass is 394 g/mol. The van der Waals surface area contributed by atoms with Gasteiger partial charge in [-0.15, -0.1) is 23.5 Å². The first-order valence-corrected chi connectivity index (χ1v) is 10.6. The van der Waals surface area contributed by atoms with Gasteiger partial charge in [0.05, 0.1) is 6.61 Å². The molecule has 6 heteroatoms. The summed E-state index contributed by atoms with van der Waals surface area (Å²) in [4.78, 5) is 13.6. The number of para-hydroxylation sites is 2. The molecule has 0 saturated heterocycles. The van der Waals surface area contributed by atoms with E-state index in [4.69, 9.17) is 14.6 Å². The van der Waals surface area contributed by atoms with Crippen molar-refractivity contribution in [3.05, 3.63) is 48.5 Å². The summed E-state index contributed by atoms with van der Waals surface area (Å²) >= 11 is 3.13. The van der Waals surface area contributed by atoms with Crippen LogP contribution in [-0.4, -0.2) is 35.8 Å². The topological polar surface area (TPSA) is 55.8 Å². The number of benzene rings is 2. The lowest BCUT2D eigenvalue weighted by atomic mass is 10.1. The van der Waals surface area contributed by atoms with E-state index in [1.165, 1.54) is 0 Å². The van der Waals surface area contributed by atoms with Crippen molar-refractivity contribution < 1.29 is 19.4 Å². The largest absolute Gasteiger partial charge is 0.507 e. The van der Waals surface area contributed by atoms with Crippen molar-refractivity contribution in [2.45, 2.75) is 36.2 Å². The summed E-state index contributed by atoms with van der Waals surface area (Å²) in [5.41, 5.74) is -0.970. The molecule has 0 aliphatic heterocycles. The number of phenols is 1. The van der Waals surface area contributed by atoms with Gasteiger partial charge in [0.1, 0.15) is 11.5 Å². The van der Waals surface area contributed by atoms with E-state index in [1.54, 1.807) is 50.4 Å². The first kappa shape index (κ1) is 22.3. The Bertz CT molecular complexity index is 702. The second-order valence-corrected chi connectivity index (χ2v) is 7.35. The molecule has 0 spiro atoms. The maximum atomic E-state index is 11.7. The van der Waals surface area contributed by atoms with Gasteiger partial charge in [0, 0.05) is 9.79 Å². The highest BCUT2D eigenvalue weighted by Crippen LogP contribution is 2.30. The van der Waals surface area contributed by atoms with E-state index in [9.17, 15) is 4.79 Å². The lowest BCUT2D eigenvalue weighted by molar-refractivity contribution is -0.158. The van der Waals surface area contributed by atoms with Gasteiger partial charge in [-0.25, -0.2) is 4.79 Å². The molecular weight excluding hydrogens is 368 g/mol. The number of thioether (sulfide) groups is 2. The minimum atomic E-state index is -0.970. The first-order valence-electron chi connectivity index (χ1n) is 8.17. The molecule has 142 valence electrons. The molecule has 1 N–H and O–H groups in total. The SMILES string of the molecule is CCOC(=O)C(C)(C)Oc1ccccc1SC.CSc1ccccc1O. The van der Waals surface area contributed by atoms with Crippen LogP contribution in [0.1, 0.15) is 20.8 Å². The van der Waals surface area contributed by atoms with Crippen molar-refractivity contribution in [1.82, 2.24) is 0 Å². The Labute approximate surface area is 164 Å². The van der Waals surface area contributed by atoms with E-state index in [1.807, 2.05) is 55.0 Å². The quantitative estimate of drug-likeness (QED) is 0.534. The Hall–Kier alpha value is -1.79. The van der Waals surface area contributed by atoms with E-state index in [-0.39, 0.29) is 5.97 Å².